The van der Waals surface area contributed by atoms with Crippen LogP contribution in [0.4, 0.5) is 17.2 Å². The quantitative estimate of drug-likeness (QED) is 0.832. The summed E-state index contributed by atoms with van der Waals surface area (Å²) < 4.78 is 5.09. The van der Waals surface area contributed by atoms with Gasteiger partial charge in [0.15, 0.2) is 0 Å². The highest BCUT2D eigenvalue weighted by molar-refractivity contribution is 6.29. The second-order valence-electron chi connectivity index (χ2n) is 3.87. The zero-order valence-corrected chi connectivity index (χ0v) is 10.7. The number of nitrogen functional groups attached to an aromatic ring is 1. The number of aromatic nitrogens is 1. The van der Waals surface area contributed by atoms with Crippen LogP contribution in [0.15, 0.2) is 36.4 Å². The van der Waals surface area contributed by atoms with E-state index in [2.05, 4.69) is 10.3 Å². The van der Waals surface area contributed by atoms with E-state index in [9.17, 15) is 0 Å². The van der Waals surface area contributed by atoms with E-state index in [1.807, 2.05) is 24.3 Å². The molecule has 3 N–H and O–H groups in total. The van der Waals surface area contributed by atoms with Gasteiger partial charge in [-0.3, -0.25) is 0 Å². The second-order valence-corrected chi connectivity index (χ2v) is 4.25. The number of pyridine rings is 1. The Morgan fingerprint density at radius 2 is 2.17 bits per heavy atom. The number of nitrogens with one attached hydrogen (secondary N) is 1. The van der Waals surface area contributed by atoms with E-state index in [-0.39, 0.29) is 0 Å². The highest BCUT2D eigenvalue weighted by Gasteiger charge is 2.01. The predicted octanol–water partition coefficient (Wildman–Crippen LogP) is 3.21. The summed E-state index contributed by atoms with van der Waals surface area (Å²) in [5, 5.41) is 3.52. The van der Waals surface area contributed by atoms with E-state index in [1.54, 1.807) is 19.2 Å². The van der Waals surface area contributed by atoms with Gasteiger partial charge in [0.2, 0.25) is 0 Å². The minimum Gasteiger partial charge on any atom is -0.399 e. The second kappa shape index (κ2) is 5.71. The molecule has 0 aliphatic heterocycles. The van der Waals surface area contributed by atoms with E-state index in [0.717, 1.165) is 11.3 Å². The standard InChI is InChI=1S/C13H14ClN3O/c1-18-8-9-3-2-4-11(5-9)16-13-7-10(15)6-12(14)17-13/h2-7H,8H2,1H3,(H3,15,16,17). The summed E-state index contributed by atoms with van der Waals surface area (Å²) in [6.45, 7) is 0.570. The Hall–Kier alpha value is -1.78. The Labute approximate surface area is 111 Å². The number of anilines is 3. The maximum Gasteiger partial charge on any atom is 0.134 e. The Balaban J connectivity index is 2.20. The Morgan fingerprint density at radius 3 is 2.89 bits per heavy atom. The van der Waals surface area contributed by atoms with Crippen molar-refractivity contribution >= 4 is 28.8 Å². The molecule has 18 heavy (non-hydrogen) atoms. The van der Waals surface area contributed by atoms with Crippen LogP contribution in [-0.4, -0.2) is 12.1 Å². The molecule has 2 aromatic rings. The molecule has 0 amide bonds. The van der Waals surface area contributed by atoms with Gasteiger partial charge in [0.25, 0.3) is 0 Å². The van der Waals surface area contributed by atoms with Crippen LogP contribution in [0.1, 0.15) is 5.56 Å². The summed E-state index contributed by atoms with van der Waals surface area (Å²) in [6, 6.07) is 11.2. The van der Waals surface area contributed by atoms with E-state index < -0.39 is 0 Å². The number of ether oxygens (including phenoxy) is 1. The van der Waals surface area contributed by atoms with Gasteiger partial charge in [-0.25, -0.2) is 4.98 Å². The lowest BCUT2D eigenvalue weighted by atomic mass is 10.2. The van der Waals surface area contributed by atoms with Crippen molar-refractivity contribution in [3.05, 3.63) is 47.1 Å². The topological polar surface area (TPSA) is 60.2 Å². The van der Waals surface area contributed by atoms with E-state index in [4.69, 9.17) is 22.1 Å². The SMILES string of the molecule is COCc1cccc(Nc2cc(N)cc(Cl)n2)c1. The average Bonchev–Trinajstić information content (AvgIpc) is 2.28. The molecule has 0 spiro atoms. The fourth-order valence-corrected chi connectivity index (χ4v) is 1.85. The molecule has 0 atom stereocenters. The Bertz CT molecular complexity index is 525. The molecule has 0 saturated heterocycles. The third-order valence-electron chi connectivity index (χ3n) is 2.33. The van der Waals surface area contributed by atoms with Crippen molar-refractivity contribution in [2.45, 2.75) is 6.61 Å². The van der Waals surface area contributed by atoms with Gasteiger partial charge in [-0.05, 0) is 23.8 Å². The molecular weight excluding hydrogens is 250 g/mol. The largest absolute Gasteiger partial charge is 0.399 e. The molecule has 1 aromatic carbocycles. The zero-order chi connectivity index (χ0) is 13.0. The molecule has 0 saturated carbocycles. The molecular formula is C13H14ClN3O. The van der Waals surface area contributed by atoms with Crippen molar-refractivity contribution in [3.63, 3.8) is 0 Å². The summed E-state index contributed by atoms with van der Waals surface area (Å²) in [5.41, 5.74) is 8.28. The van der Waals surface area contributed by atoms with Crippen LogP contribution >= 0.6 is 11.6 Å². The smallest absolute Gasteiger partial charge is 0.134 e. The molecule has 2 rings (SSSR count). The summed E-state index contributed by atoms with van der Waals surface area (Å²) in [7, 11) is 1.67. The number of benzene rings is 1. The average molecular weight is 264 g/mol. The maximum absolute atomic E-state index is 5.85. The highest BCUT2D eigenvalue weighted by atomic mass is 35.5. The first-order valence-corrected chi connectivity index (χ1v) is 5.83. The van der Waals surface area contributed by atoms with E-state index >= 15 is 0 Å². The van der Waals surface area contributed by atoms with Crippen LogP contribution in [0.2, 0.25) is 5.15 Å². The Morgan fingerprint density at radius 1 is 1.33 bits per heavy atom. The van der Waals surface area contributed by atoms with Crippen LogP contribution in [0.25, 0.3) is 0 Å². The van der Waals surface area contributed by atoms with Gasteiger partial charge in [0, 0.05) is 24.6 Å². The maximum atomic E-state index is 5.85. The van der Waals surface area contributed by atoms with Crippen LogP contribution in [-0.2, 0) is 11.3 Å². The molecule has 0 radical (unpaired) electrons. The fourth-order valence-electron chi connectivity index (χ4n) is 1.63. The third kappa shape index (κ3) is 3.35. The first-order valence-electron chi connectivity index (χ1n) is 5.45. The first kappa shape index (κ1) is 12.7. The van der Waals surface area contributed by atoms with Gasteiger partial charge in [0.1, 0.15) is 11.0 Å². The van der Waals surface area contributed by atoms with Crippen LogP contribution in [0.3, 0.4) is 0 Å². The van der Waals surface area contributed by atoms with Crippen molar-refractivity contribution in [1.29, 1.82) is 0 Å². The van der Waals surface area contributed by atoms with Gasteiger partial charge in [0.05, 0.1) is 6.61 Å². The highest BCUT2D eigenvalue weighted by Crippen LogP contribution is 2.21. The summed E-state index contributed by atoms with van der Waals surface area (Å²) in [6.07, 6.45) is 0. The number of hydrogen-bond acceptors (Lipinski definition) is 4. The van der Waals surface area contributed by atoms with Crippen molar-refractivity contribution in [2.24, 2.45) is 0 Å². The first-order chi connectivity index (χ1) is 8.67. The van der Waals surface area contributed by atoms with Crippen molar-refractivity contribution in [2.75, 3.05) is 18.2 Å². The van der Waals surface area contributed by atoms with E-state index in [0.29, 0.717) is 23.3 Å². The molecule has 94 valence electrons. The van der Waals surface area contributed by atoms with Crippen LogP contribution < -0.4 is 11.1 Å². The van der Waals surface area contributed by atoms with Gasteiger partial charge in [-0.1, -0.05) is 23.7 Å². The molecule has 0 fully saturated rings. The number of nitrogens with two attached hydrogens (primary N) is 1. The molecule has 4 nitrogen and oxygen atoms in total. The molecule has 0 aliphatic carbocycles. The molecule has 1 aromatic heterocycles. The fraction of sp³-hybridized carbons (Fsp3) is 0.154. The minimum absolute atomic E-state index is 0.366. The number of hydrogen-bond donors (Lipinski definition) is 2. The molecule has 0 bridgehead atoms. The molecule has 5 heteroatoms. The zero-order valence-electron chi connectivity index (χ0n) is 9.98. The number of methoxy groups -OCH3 is 1. The lowest BCUT2D eigenvalue weighted by Crippen LogP contribution is -1.97. The summed E-state index contributed by atoms with van der Waals surface area (Å²) >= 11 is 5.85. The van der Waals surface area contributed by atoms with Crippen LogP contribution in [0, 0.1) is 0 Å². The van der Waals surface area contributed by atoms with Gasteiger partial charge < -0.3 is 15.8 Å². The number of halogens is 1. The summed E-state index contributed by atoms with van der Waals surface area (Å²) in [5.74, 6) is 0.620. The lowest BCUT2D eigenvalue weighted by molar-refractivity contribution is 0.185. The Kier molecular flexibility index (Phi) is 4.02. The van der Waals surface area contributed by atoms with Gasteiger partial charge >= 0.3 is 0 Å². The van der Waals surface area contributed by atoms with E-state index in [1.165, 1.54) is 0 Å². The van der Waals surface area contributed by atoms with Crippen LogP contribution in [0.5, 0.6) is 0 Å². The lowest BCUT2D eigenvalue weighted by Gasteiger charge is -2.08. The van der Waals surface area contributed by atoms with Crippen molar-refractivity contribution in [3.8, 4) is 0 Å². The molecule has 0 unspecified atom stereocenters. The van der Waals surface area contributed by atoms with Gasteiger partial charge in [-0.2, -0.15) is 0 Å². The van der Waals surface area contributed by atoms with Gasteiger partial charge in [-0.15, -0.1) is 0 Å². The predicted molar refractivity (Wildman–Crippen MR) is 74.1 cm³/mol. The monoisotopic (exact) mass is 263 g/mol. The number of rotatable bonds is 4. The van der Waals surface area contributed by atoms with Crippen molar-refractivity contribution in [1.82, 2.24) is 4.98 Å². The van der Waals surface area contributed by atoms with Crippen molar-refractivity contribution < 1.29 is 4.74 Å². The number of nitrogens with zero attached hydrogens (tertiary/aromatic N) is 1. The molecule has 1 heterocycles. The molecule has 0 aliphatic rings. The minimum atomic E-state index is 0.366. The third-order valence-corrected chi connectivity index (χ3v) is 2.52. The normalized spacial score (nSPS) is 10.3. The summed E-state index contributed by atoms with van der Waals surface area (Å²) in [4.78, 5) is 4.15.